The van der Waals surface area contributed by atoms with E-state index >= 15 is 0 Å². The largest absolute Gasteiger partial charge is 0.456 e. The number of nitrogens with zero attached hydrogens (tertiary/aromatic N) is 3. The summed E-state index contributed by atoms with van der Waals surface area (Å²) in [5.41, 5.74) is 11.5. The van der Waals surface area contributed by atoms with Gasteiger partial charge in [0.1, 0.15) is 11.2 Å². The van der Waals surface area contributed by atoms with Crippen LogP contribution in [0.25, 0.3) is 110 Å². The summed E-state index contributed by atoms with van der Waals surface area (Å²) in [6.07, 6.45) is 0. The summed E-state index contributed by atoms with van der Waals surface area (Å²) in [7, 11) is 0. The minimum Gasteiger partial charge on any atom is -0.456 e. The molecule has 0 aliphatic rings. The Morgan fingerprint density at radius 3 is 1.48 bits per heavy atom. The van der Waals surface area contributed by atoms with Gasteiger partial charge in [0.25, 0.3) is 0 Å². The number of para-hydroxylation sites is 1. The smallest absolute Gasteiger partial charge is 0.165 e. The highest BCUT2D eigenvalue weighted by molar-refractivity contribution is 7.26. The molecule has 4 nitrogen and oxygen atoms in total. The molecule has 0 N–H and O–H groups in total. The Kier molecular flexibility index (Phi) is 7.64. The summed E-state index contributed by atoms with van der Waals surface area (Å²) in [6, 6.07) is 65.8. The molecule has 11 rings (SSSR count). The van der Waals surface area contributed by atoms with Crippen LogP contribution < -0.4 is 0 Å². The van der Waals surface area contributed by atoms with Crippen molar-refractivity contribution in [3.63, 3.8) is 0 Å². The third-order valence-corrected chi connectivity index (χ3v) is 11.8. The Bertz CT molecular complexity index is 3220. The number of hydrogen-bond acceptors (Lipinski definition) is 5. The van der Waals surface area contributed by atoms with Crippen LogP contribution in [0.3, 0.4) is 0 Å². The van der Waals surface area contributed by atoms with Crippen molar-refractivity contribution in [1.82, 2.24) is 15.0 Å². The van der Waals surface area contributed by atoms with Gasteiger partial charge in [0.05, 0.1) is 0 Å². The van der Waals surface area contributed by atoms with Crippen LogP contribution in [0.4, 0.5) is 0 Å². The van der Waals surface area contributed by atoms with Crippen LogP contribution in [0.1, 0.15) is 0 Å². The van der Waals surface area contributed by atoms with E-state index in [1.807, 2.05) is 30.3 Å². The fourth-order valence-electron chi connectivity index (χ4n) is 7.70. The van der Waals surface area contributed by atoms with Gasteiger partial charge < -0.3 is 4.42 Å². The molecular weight excluding hydrogens is 703 g/mol. The van der Waals surface area contributed by atoms with Gasteiger partial charge >= 0.3 is 0 Å². The lowest BCUT2D eigenvalue weighted by molar-refractivity contribution is 0.669. The summed E-state index contributed by atoms with van der Waals surface area (Å²) in [6.45, 7) is 0. The van der Waals surface area contributed by atoms with E-state index in [0.717, 1.165) is 54.5 Å². The normalized spacial score (nSPS) is 11.6. The summed E-state index contributed by atoms with van der Waals surface area (Å²) in [5.74, 6) is 1.86. The van der Waals surface area contributed by atoms with E-state index in [1.165, 1.54) is 37.7 Å². The summed E-state index contributed by atoms with van der Waals surface area (Å²) < 4.78 is 8.68. The molecule has 0 bridgehead atoms. The average Bonchev–Trinajstić information content (AvgIpc) is 3.85. The zero-order chi connectivity index (χ0) is 37.0. The monoisotopic (exact) mass is 733 g/mol. The number of rotatable bonds is 6. The summed E-state index contributed by atoms with van der Waals surface area (Å²) in [5, 5.41) is 4.60. The van der Waals surface area contributed by atoms with Gasteiger partial charge in [-0.15, -0.1) is 11.3 Å². The molecule has 8 aromatic carbocycles. The number of fused-ring (bicyclic) bond motifs is 6. The number of aromatic nitrogens is 3. The van der Waals surface area contributed by atoms with Crippen molar-refractivity contribution in [1.29, 1.82) is 0 Å². The molecule has 11 aromatic rings. The van der Waals surface area contributed by atoms with Gasteiger partial charge in [-0.1, -0.05) is 158 Å². The predicted molar refractivity (Wildman–Crippen MR) is 233 cm³/mol. The lowest BCUT2D eigenvalue weighted by atomic mass is 9.98. The molecule has 0 aliphatic carbocycles. The number of furan rings is 1. The van der Waals surface area contributed by atoms with Crippen LogP contribution >= 0.6 is 11.3 Å². The van der Waals surface area contributed by atoms with Crippen molar-refractivity contribution in [2.24, 2.45) is 0 Å². The van der Waals surface area contributed by atoms with Crippen LogP contribution in [0.5, 0.6) is 0 Å². The molecule has 0 fully saturated rings. The van der Waals surface area contributed by atoms with Crippen LogP contribution in [0, 0.1) is 0 Å². The Morgan fingerprint density at radius 2 is 0.804 bits per heavy atom. The molecule has 0 amide bonds. The lowest BCUT2D eigenvalue weighted by Gasteiger charge is -2.10. The highest BCUT2D eigenvalue weighted by atomic mass is 32.1. The molecule has 0 atom stereocenters. The Labute approximate surface area is 327 Å². The molecule has 262 valence electrons. The van der Waals surface area contributed by atoms with Gasteiger partial charge in [0.15, 0.2) is 17.5 Å². The van der Waals surface area contributed by atoms with Crippen molar-refractivity contribution in [3.05, 3.63) is 188 Å². The fraction of sp³-hybridized carbons (Fsp3) is 0. The molecule has 3 aromatic heterocycles. The predicted octanol–water partition coefficient (Wildman–Crippen LogP) is 14.1. The summed E-state index contributed by atoms with van der Waals surface area (Å²) in [4.78, 5) is 15.4. The quantitative estimate of drug-likeness (QED) is 0.171. The first kappa shape index (κ1) is 32.2. The molecule has 0 aliphatic heterocycles. The number of benzene rings is 8. The molecule has 3 heterocycles. The second-order valence-corrected chi connectivity index (χ2v) is 15.0. The van der Waals surface area contributed by atoms with Crippen molar-refractivity contribution in [2.45, 2.75) is 0 Å². The van der Waals surface area contributed by atoms with Gasteiger partial charge in [-0.25, -0.2) is 15.0 Å². The van der Waals surface area contributed by atoms with Crippen molar-refractivity contribution in [2.75, 3.05) is 0 Å². The summed E-state index contributed by atoms with van der Waals surface area (Å²) >= 11 is 1.77. The molecule has 0 saturated carbocycles. The maximum atomic E-state index is 6.28. The van der Waals surface area contributed by atoms with Crippen LogP contribution in [-0.4, -0.2) is 15.0 Å². The SMILES string of the molecule is c1ccc(-c2ccc(-c3ccc(-c4ccc(-c5nc(-c6ccc7c(c6)oc6ccccc67)nc(-c6cccc7c6sc6ccccc67)n5)cc4)cc3)cc2)cc1. The highest BCUT2D eigenvalue weighted by Crippen LogP contribution is 2.40. The van der Waals surface area contributed by atoms with Crippen LogP contribution in [-0.2, 0) is 0 Å². The second-order valence-electron chi connectivity index (χ2n) is 14.0. The zero-order valence-electron chi connectivity index (χ0n) is 30.1. The average molecular weight is 734 g/mol. The molecular formula is C51H31N3OS. The zero-order valence-corrected chi connectivity index (χ0v) is 30.9. The van der Waals surface area contributed by atoms with E-state index in [9.17, 15) is 0 Å². The Balaban J connectivity index is 0.965. The van der Waals surface area contributed by atoms with E-state index in [-0.39, 0.29) is 0 Å². The van der Waals surface area contributed by atoms with E-state index in [4.69, 9.17) is 19.4 Å². The van der Waals surface area contributed by atoms with E-state index < -0.39 is 0 Å². The standard InChI is InChI=1S/C51H31N3OS/c1-2-9-32(10-3-1)33-17-19-34(20-18-33)35-21-23-36(24-22-35)37-25-27-38(28-26-37)49-52-50(39-29-30-41-40-11-4-6-15-45(40)55-46(41)31-39)54-51(53-49)44-14-8-13-43-42-12-5-7-16-47(42)56-48(43)44/h1-31H. The van der Waals surface area contributed by atoms with E-state index in [0.29, 0.717) is 17.5 Å². The van der Waals surface area contributed by atoms with Crippen molar-refractivity contribution in [3.8, 4) is 67.5 Å². The molecule has 0 radical (unpaired) electrons. The van der Waals surface area contributed by atoms with Crippen LogP contribution in [0.2, 0.25) is 0 Å². The van der Waals surface area contributed by atoms with E-state index in [2.05, 4.69) is 158 Å². The van der Waals surface area contributed by atoms with E-state index in [1.54, 1.807) is 11.3 Å². The molecule has 5 heteroatoms. The first-order valence-electron chi connectivity index (χ1n) is 18.7. The topological polar surface area (TPSA) is 51.8 Å². The number of thiophene rings is 1. The van der Waals surface area contributed by atoms with Crippen molar-refractivity contribution < 1.29 is 4.42 Å². The lowest BCUT2D eigenvalue weighted by Crippen LogP contribution is -2.00. The third kappa shape index (κ3) is 5.65. The Morgan fingerprint density at radius 1 is 0.321 bits per heavy atom. The molecule has 0 spiro atoms. The first-order chi connectivity index (χ1) is 27.7. The number of hydrogen-bond donors (Lipinski definition) is 0. The van der Waals surface area contributed by atoms with Crippen molar-refractivity contribution >= 4 is 53.4 Å². The minimum absolute atomic E-state index is 0.599. The van der Waals surface area contributed by atoms with Gasteiger partial charge in [0.2, 0.25) is 0 Å². The van der Waals surface area contributed by atoms with Crippen LogP contribution in [0.15, 0.2) is 192 Å². The molecule has 0 saturated heterocycles. The Hall–Kier alpha value is -7.21. The fourth-order valence-corrected chi connectivity index (χ4v) is 8.91. The van der Waals surface area contributed by atoms with Gasteiger partial charge in [-0.3, -0.25) is 0 Å². The highest BCUT2D eigenvalue weighted by Gasteiger charge is 2.18. The maximum Gasteiger partial charge on any atom is 0.165 e. The van der Waals surface area contributed by atoms with Gasteiger partial charge in [-0.2, -0.15) is 0 Å². The minimum atomic E-state index is 0.599. The van der Waals surface area contributed by atoms with Gasteiger partial charge in [-0.05, 0) is 63.7 Å². The maximum absolute atomic E-state index is 6.28. The molecule has 56 heavy (non-hydrogen) atoms. The second kappa shape index (κ2) is 13.3. The third-order valence-electron chi connectivity index (χ3n) is 10.6. The van der Waals surface area contributed by atoms with Gasteiger partial charge in [0, 0.05) is 47.6 Å². The molecule has 0 unspecified atom stereocenters. The first-order valence-corrected chi connectivity index (χ1v) is 19.5.